The molecule has 0 radical (unpaired) electrons. The van der Waals surface area contributed by atoms with E-state index in [4.69, 9.17) is 5.73 Å². The van der Waals surface area contributed by atoms with Crippen LogP contribution in [0, 0.1) is 0 Å². The highest BCUT2D eigenvalue weighted by Gasteiger charge is 2.13. The maximum absolute atomic E-state index is 5.51. The summed E-state index contributed by atoms with van der Waals surface area (Å²) in [6, 6.07) is 0. The Hall–Kier alpha value is -0.900. The molecule has 4 heteroatoms. The largest absolute Gasteiger partial charge is 0.324 e. The molecule has 0 aromatic carbocycles. The molecule has 1 aromatic rings. The molecule has 74 valence electrons. The average molecular weight is 182 g/mol. The average Bonchev–Trinajstić information content (AvgIpc) is 2.47. The molecule has 0 spiro atoms. The number of nitrogens with zero attached hydrogens (tertiary/aromatic N) is 3. The highest BCUT2D eigenvalue weighted by molar-refractivity contribution is 4.99. The SMILES string of the molecule is CCCC(C)c1nnc(CN)n1C. The van der Waals surface area contributed by atoms with Gasteiger partial charge in [-0.3, -0.25) is 0 Å². The van der Waals surface area contributed by atoms with Crippen LogP contribution in [0.4, 0.5) is 0 Å². The molecular weight excluding hydrogens is 164 g/mol. The van der Waals surface area contributed by atoms with Crippen LogP contribution in [0.25, 0.3) is 0 Å². The summed E-state index contributed by atoms with van der Waals surface area (Å²) >= 11 is 0. The van der Waals surface area contributed by atoms with Gasteiger partial charge in [-0.25, -0.2) is 0 Å². The highest BCUT2D eigenvalue weighted by atomic mass is 15.3. The van der Waals surface area contributed by atoms with Gasteiger partial charge in [-0.2, -0.15) is 0 Å². The lowest BCUT2D eigenvalue weighted by Gasteiger charge is -2.09. The maximum Gasteiger partial charge on any atom is 0.146 e. The predicted octanol–water partition coefficient (Wildman–Crippen LogP) is 1.18. The van der Waals surface area contributed by atoms with Crippen molar-refractivity contribution < 1.29 is 0 Å². The van der Waals surface area contributed by atoms with Crippen LogP contribution in [0.5, 0.6) is 0 Å². The van der Waals surface area contributed by atoms with Crippen molar-refractivity contribution in [2.45, 2.75) is 39.2 Å². The summed E-state index contributed by atoms with van der Waals surface area (Å²) in [5.41, 5.74) is 5.51. The molecule has 1 aromatic heterocycles. The summed E-state index contributed by atoms with van der Waals surface area (Å²) in [6.45, 7) is 4.81. The van der Waals surface area contributed by atoms with Crippen LogP contribution in [-0.4, -0.2) is 14.8 Å². The fraction of sp³-hybridized carbons (Fsp3) is 0.778. The van der Waals surface area contributed by atoms with E-state index in [1.54, 1.807) is 0 Å². The van der Waals surface area contributed by atoms with E-state index in [1.165, 1.54) is 6.42 Å². The first-order chi connectivity index (χ1) is 6.20. The maximum atomic E-state index is 5.51. The number of aromatic nitrogens is 3. The zero-order valence-electron chi connectivity index (χ0n) is 8.62. The molecule has 1 rings (SSSR count). The molecule has 0 bridgehead atoms. The first kappa shape index (κ1) is 10.2. The fourth-order valence-corrected chi connectivity index (χ4v) is 1.54. The Kier molecular flexibility index (Phi) is 3.42. The van der Waals surface area contributed by atoms with Crippen molar-refractivity contribution in [2.24, 2.45) is 12.8 Å². The van der Waals surface area contributed by atoms with Crippen molar-refractivity contribution in [3.05, 3.63) is 11.6 Å². The molecule has 0 saturated carbocycles. The monoisotopic (exact) mass is 182 g/mol. The lowest BCUT2D eigenvalue weighted by molar-refractivity contribution is 0.594. The number of hydrogen-bond donors (Lipinski definition) is 1. The van der Waals surface area contributed by atoms with Crippen molar-refractivity contribution in [3.8, 4) is 0 Å². The van der Waals surface area contributed by atoms with Crippen molar-refractivity contribution in [3.63, 3.8) is 0 Å². The van der Waals surface area contributed by atoms with Gasteiger partial charge in [0.05, 0.1) is 6.54 Å². The van der Waals surface area contributed by atoms with E-state index in [2.05, 4.69) is 24.0 Å². The van der Waals surface area contributed by atoms with E-state index in [0.29, 0.717) is 12.5 Å². The van der Waals surface area contributed by atoms with Gasteiger partial charge in [-0.15, -0.1) is 10.2 Å². The molecule has 0 aliphatic heterocycles. The molecular formula is C9H18N4. The van der Waals surface area contributed by atoms with Crippen molar-refractivity contribution in [1.29, 1.82) is 0 Å². The topological polar surface area (TPSA) is 56.7 Å². The molecule has 1 atom stereocenters. The zero-order chi connectivity index (χ0) is 9.84. The van der Waals surface area contributed by atoms with Crippen molar-refractivity contribution >= 4 is 0 Å². The molecule has 1 unspecified atom stereocenters. The van der Waals surface area contributed by atoms with Gasteiger partial charge in [0.25, 0.3) is 0 Å². The zero-order valence-corrected chi connectivity index (χ0v) is 8.62. The van der Waals surface area contributed by atoms with Crippen molar-refractivity contribution in [2.75, 3.05) is 0 Å². The van der Waals surface area contributed by atoms with Crippen LogP contribution < -0.4 is 5.73 Å². The molecule has 0 amide bonds. The standard InChI is InChI=1S/C9H18N4/c1-4-5-7(2)9-12-11-8(6-10)13(9)3/h7H,4-6,10H2,1-3H3. The van der Waals surface area contributed by atoms with E-state index in [0.717, 1.165) is 18.1 Å². The minimum atomic E-state index is 0.461. The van der Waals surface area contributed by atoms with Crippen LogP contribution in [0.3, 0.4) is 0 Å². The quantitative estimate of drug-likeness (QED) is 0.760. The Morgan fingerprint density at radius 3 is 2.62 bits per heavy atom. The van der Waals surface area contributed by atoms with Crippen molar-refractivity contribution in [1.82, 2.24) is 14.8 Å². The minimum absolute atomic E-state index is 0.461. The van der Waals surface area contributed by atoms with Crippen LogP contribution in [-0.2, 0) is 13.6 Å². The molecule has 0 fully saturated rings. The second kappa shape index (κ2) is 4.37. The van der Waals surface area contributed by atoms with E-state index in [-0.39, 0.29) is 0 Å². The summed E-state index contributed by atoms with van der Waals surface area (Å²) in [5.74, 6) is 2.38. The smallest absolute Gasteiger partial charge is 0.146 e. The molecule has 0 aliphatic carbocycles. The summed E-state index contributed by atoms with van der Waals surface area (Å²) in [5, 5.41) is 8.16. The van der Waals surface area contributed by atoms with E-state index >= 15 is 0 Å². The van der Waals surface area contributed by atoms with Crippen LogP contribution in [0.2, 0.25) is 0 Å². The molecule has 1 heterocycles. The molecule has 13 heavy (non-hydrogen) atoms. The lowest BCUT2D eigenvalue weighted by Crippen LogP contribution is -2.08. The van der Waals surface area contributed by atoms with Gasteiger partial charge in [0.2, 0.25) is 0 Å². The van der Waals surface area contributed by atoms with Crippen LogP contribution in [0.1, 0.15) is 44.3 Å². The van der Waals surface area contributed by atoms with Gasteiger partial charge in [-0.05, 0) is 6.42 Å². The van der Waals surface area contributed by atoms with Gasteiger partial charge in [0.1, 0.15) is 11.6 Å². The van der Waals surface area contributed by atoms with Crippen LogP contribution in [0.15, 0.2) is 0 Å². The van der Waals surface area contributed by atoms with Crippen LogP contribution >= 0.6 is 0 Å². The Balaban J connectivity index is 2.82. The predicted molar refractivity (Wildman–Crippen MR) is 52.2 cm³/mol. The van der Waals surface area contributed by atoms with E-state index < -0.39 is 0 Å². The summed E-state index contributed by atoms with van der Waals surface area (Å²) in [7, 11) is 1.98. The van der Waals surface area contributed by atoms with Gasteiger partial charge in [0, 0.05) is 13.0 Å². The number of nitrogens with two attached hydrogens (primary N) is 1. The fourth-order valence-electron chi connectivity index (χ4n) is 1.54. The normalized spacial score (nSPS) is 13.2. The third-order valence-electron chi connectivity index (χ3n) is 2.34. The van der Waals surface area contributed by atoms with Gasteiger partial charge < -0.3 is 10.3 Å². The van der Waals surface area contributed by atoms with E-state index in [9.17, 15) is 0 Å². The number of hydrogen-bond acceptors (Lipinski definition) is 3. The summed E-state index contributed by atoms with van der Waals surface area (Å²) < 4.78 is 2.00. The summed E-state index contributed by atoms with van der Waals surface area (Å²) in [6.07, 6.45) is 2.32. The second-order valence-corrected chi connectivity index (χ2v) is 3.43. The lowest BCUT2D eigenvalue weighted by atomic mass is 10.1. The second-order valence-electron chi connectivity index (χ2n) is 3.43. The molecule has 2 N–H and O–H groups in total. The third kappa shape index (κ3) is 2.06. The first-order valence-electron chi connectivity index (χ1n) is 4.78. The van der Waals surface area contributed by atoms with E-state index in [1.807, 2.05) is 11.6 Å². The third-order valence-corrected chi connectivity index (χ3v) is 2.34. The Morgan fingerprint density at radius 1 is 1.46 bits per heavy atom. The molecule has 4 nitrogen and oxygen atoms in total. The van der Waals surface area contributed by atoms with Gasteiger partial charge >= 0.3 is 0 Å². The molecule has 0 saturated heterocycles. The highest BCUT2D eigenvalue weighted by Crippen LogP contribution is 2.18. The van der Waals surface area contributed by atoms with Gasteiger partial charge in [0.15, 0.2) is 0 Å². The Bertz CT molecular complexity index is 267. The first-order valence-corrected chi connectivity index (χ1v) is 4.78. The van der Waals surface area contributed by atoms with Gasteiger partial charge in [-0.1, -0.05) is 20.3 Å². The molecule has 0 aliphatic rings. The number of rotatable bonds is 4. The Morgan fingerprint density at radius 2 is 2.15 bits per heavy atom. The Labute approximate surface area is 79.2 Å². The minimum Gasteiger partial charge on any atom is -0.324 e. The summed E-state index contributed by atoms with van der Waals surface area (Å²) in [4.78, 5) is 0.